The lowest BCUT2D eigenvalue weighted by Gasteiger charge is -2.10. The third-order valence-electron chi connectivity index (χ3n) is 5.07. The molecule has 2 N–H and O–H groups in total. The Hall–Kier alpha value is -3.62. The number of benzene rings is 1. The molecular formula is C21H25N5O4. The largest absolute Gasteiger partial charge is 0.494 e. The van der Waals surface area contributed by atoms with Gasteiger partial charge in [-0.1, -0.05) is 31.5 Å². The van der Waals surface area contributed by atoms with Crippen LogP contribution in [0.15, 0.2) is 49.7 Å². The van der Waals surface area contributed by atoms with E-state index in [-0.39, 0.29) is 29.1 Å². The van der Waals surface area contributed by atoms with Crippen molar-refractivity contribution in [1.82, 2.24) is 18.9 Å². The number of aromatic amines is 1. The Morgan fingerprint density at radius 1 is 1.17 bits per heavy atom. The Morgan fingerprint density at radius 2 is 1.83 bits per heavy atom. The normalized spacial score (nSPS) is 11.8. The van der Waals surface area contributed by atoms with E-state index in [1.54, 1.807) is 30.8 Å². The second-order valence-corrected chi connectivity index (χ2v) is 7.07. The Bertz CT molecular complexity index is 1280. The van der Waals surface area contributed by atoms with Crippen molar-refractivity contribution < 1.29 is 5.11 Å². The zero-order valence-corrected chi connectivity index (χ0v) is 17.5. The number of nitrogens with one attached hydrogen (secondary N) is 1. The van der Waals surface area contributed by atoms with Gasteiger partial charge in [0, 0.05) is 13.6 Å². The summed E-state index contributed by atoms with van der Waals surface area (Å²) in [6.07, 6.45) is 1.48. The average molecular weight is 411 g/mol. The average Bonchev–Trinajstić information content (AvgIpc) is 2.91. The van der Waals surface area contributed by atoms with Gasteiger partial charge in [0.15, 0.2) is 5.69 Å². The fraction of sp³-hybridized carbons (Fsp3) is 0.333. The molecule has 3 aromatic rings. The van der Waals surface area contributed by atoms with Crippen LogP contribution in [-0.2, 0) is 13.6 Å². The van der Waals surface area contributed by atoms with Crippen molar-refractivity contribution in [3.05, 3.63) is 72.8 Å². The quantitative estimate of drug-likeness (QED) is 0.604. The van der Waals surface area contributed by atoms with Crippen molar-refractivity contribution in [2.75, 3.05) is 0 Å². The van der Waals surface area contributed by atoms with Gasteiger partial charge in [-0.2, -0.15) is 0 Å². The van der Waals surface area contributed by atoms with Crippen LogP contribution in [-0.4, -0.2) is 29.7 Å². The van der Waals surface area contributed by atoms with Crippen molar-refractivity contribution in [2.24, 2.45) is 12.0 Å². The molecule has 2 aromatic heterocycles. The van der Waals surface area contributed by atoms with E-state index in [0.717, 1.165) is 11.0 Å². The summed E-state index contributed by atoms with van der Waals surface area (Å²) in [5.41, 5.74) is -0.322. The Morgan fingerprint density at radius 3 is 2.47 bits per heavy atom. The first-order chi connectivity index (χ1) is 14.3. The first-order valence-corrected chi connectivity index (χ1v) is 9.73. The number of nitrogens with zero attached hydrogens (tertiary/aromatic N) is 4. The molecule has 0 bridgehead atoms. The van der Waals surface area contributed by atoms with E-state index in [0.29, 0.717) is 17.8 Å². The molecule has 0 fully saturated rings. The predicted octanol–water partition coefficient (Wildman–Crippen LogP) is 1.98. The van der Waals surface area contributed by atoms with E-state index in [1.165, 1.54) is 11.6 Å². The van der Waals surface area contributed by atoms with Gasteiger partial charge in [0.25, 0.3) is 11.1 Å². The summed E-state index contributed by atoms with van der Waals surface area (Å²) in [5.74, 6) is -0.449. The molecule has 0 aliphatic heterocycles. The molecule has 0 radical (unpaired) electrons. The lowest BCUT2D eigenvalue weighted by Crippen LogP contribution is -2.33. The van der Waals surface area contributed by atoms with Gasteiger partial charge in [0.05, 0.1) is 17.1 Å². The van der Waals surface area contributed by atoms with Crippen LogP contribution in [0, 0.1) is 6.92 Å². The van der Waals surface area contributed by atoms with Crippen molar-refractivity contribution in [3.63, 3.8) is 0 Å². The molecule has 9 nitrogen and oxygen atoms in total. The van der Waals surface area contributed by atoms with Crippen LogP contribution in [0.2, 0.25) is 0 Å². The van der Waals surface area contributed by atoms with Crippen LogP contribution in [0.3, 0.4) is 0 Å². The lowest BCUT2D eigenvalue weighted by molar-refractivity contribution is 0.394. The fourth-order valence-electron chi connectivity index (χ4n) is 3.32. The highest BCUT2D eigenvalue weighted by Gasteiger charge is 2.20. The summed E-state index contributed by atoms with van der Waals surface area (Å²) in [6.45, 7) is 5.50. The second kappa shape index (κ2) is 8.40. The molecular weight excluding hydrogens is 386 g/mol. The number of hydrogen-bond acceptors (Lipinski definition) is 5. The first kappa shape index (κ1) is 21.1. The summed E-state index contributed by atoms with van der Waals surface area (Å²) in [4.78, 5) is 44.1. The molecule has 0 aliphatic carbocycles. The molecule has 0 saturated heterocycles. The molecule has 0 amide bonds. The van der Waals surface area contributed by atoms with Crippen LogP contribution in [0.5, 0.6) is 5.88 Å². The zero-order valence-electron chi connectivity index (χ0n) is 17.5. The third-order valence-corrected chi connectivity index (χ3v) is 5.07. The molecule has 1 aromatic carbocycles. The maximum absolute atomic E-state index is 13.0. The van der Waals surface area contributed by atoms with Crippen LogP contribution in [0.1, 0.15) is 37.9 Å². The van der Waals surface area contributed by atoms with Gasteiger partial charge < -0.3 is 5.11 Å². The summed E-state index contributed by atoms with van der Waals surface area (Å²) >= 11 is 0. The zero-order chi connectivity index (χ0) is 22.0. The van der Waals surface area contributed by atoms with Crippen molar-refractivity contribution >= 4 is 11.4 Å². The van der Waals surface area contributed by atoms with Crippen LogP contribution in [0.4, 0.5) is 5.69 Å². The van der Waals surface area contributed by atoms with E-state index >= 15 is 0 Å². The highest BCUT2D eigenvalue weighted by atomic mass is 16.3. The highest BCUT2D eigenvalue weighted by molar-refractivity contribution is 6.01. The summed E-state index contributed by atoms with van der Waals surface area (Å²) < 4.78 is 4.27. The first-order valence-electron chi connectivity index (χ1n) is 9.73. The number of rotatable bonds is 6. The third kappa shape index (κ3) is 3.66. The number of para-hydroxylation sites is 1. The standard InChI is InChI=1S/C21H25N5O4/c1-5-6-12-25-19(28)16(18(27)23-21(25)30)13(2)22-17-14(3)24(4)26(20(17)29)15-10-8-7-9-11-15/h7-11,28H,5-6,12H2,1-4H3,(H,23,27,30). The van der Waals surface area contributed by atoms with Gasteiger partial charge >= 0.3 is 5.69 Å². The van der Waals surface area contributed by atoms with Crippen LogP contribution in [0.25, 0.3) is 5.69 Å². The second-order valence-electron chi connectivity index (χ2n) is 7.07. The van der Waals surface area contributed by atoms with Gasteiger partial charge in [-0.05, 0) is 32.4 Å². The molecule has 0 saturated carbocycles. The monoisotopic (exact) mass is 411 g/mol. The minimum Gasteiger partial charge on any atom is -0.494 e. The SMILES string of the molecule is CCCCn1c(O)c(C(C)=Nc2c(C)n(C)n(-c3ccccc3)c2=O)c(=O)[nH]c1=O. The maximum atomic E-state index is 13.0. The van der Waals surface area contributed by atoms with Crippen molar-refractivity contribution in [2.45, 2.75) is 40.2 Å². The molecule has 0 spiro atoms. The predicted molar refractivity (Wildman–Crippen MR) is 116 cm³/mol. The molecule has 158 valence electrons. The summed E-state index contributed by atoms with van der Waals surface area (Å²) in [6, 6.07) is 9.13. The molecule has 3 rings (SSSR count). The van der Waals surface area contributed by atoms with E-state index in [2.05, 4.69) is 9.98 Å². The number of unbranched alkanes of at least 4 members (excludes halogenated alkanes) is 1. The Balaban J connectivity index is 2.17. The Labute approximate surface area is 172 Å². The van der Waals surface area contributed by atoms with Crippen LogP contribution >= 0.6 is 0 Å². The Kier molecular flexibility index (Phi) is 5.91. The molecule has 2 heterocycles. The lowest BCUT2D eigenvalue weighted by atomic mass is 10.2. The smallest absolute Gasteiger partial charge is 0.331 e. The topological polar surface area (TPSA) is 114 Å². The number of hydrogen-bond donors (Lipinski definition) is 2. The van der Waals surface area contributed by atoms with Gasteiger partial charge in [0.2, 0.25) is 5.88 Å². The molecule has 0 aliphatic rings. The summed E-state index contributed by atoms with van der Waals surface area (Å²) in [7, 11) is 1.74. The van der Waals surface area contributed by atoms with Gasteiger partial charge in [0.1, 0.15) is 5.56 Å². The molecule has 30 heavy (non-hydrogen) atoms. The van der Waals surface area contributed by atoms with Gasteiger partial charge in [-0.25, -0.2) is 14.5 Å². The highest BCUT2D eigenvalue weighted by Crippen LogP contribution is 2.20. The minimum absolute atomic E-state index is 0.125. The number of aromatic nitrogens is 4. The number of H-pyrrole nitrogens is 1. The van der Waals surface area contributed by atoms with Crippen molar-refractivity contribution in [3.8, 4) is 11.6 Å². The molecule has 0 unspecified atom stereocenters. The molecule has 0 atom stereocenters. The van der Waals surface area contributed by atoms with Gasteiger partial charge in [-0.3, -0.25) is 23.8 Å². The van der Waals surface area contributed by atoms with Crippen molar-refractivity contribution in [1.29, 1.82) is 0 Å². The van der Waals surface area contributed by atoms with E-state index < -0.39 is 17.1 Å². The minimum atomic E-state index is -0.747. The fourth-order valence-corrected chi connectivity index (χ4v) is 3.32. The van der Waals surface area contributed by atoms with E-state index in [9.17, 15) is 19.5 Å². The molecule has 9 heteroatoms. The number of aliphatic imine (C=N–C) groups is 1. The summed E-state index contributed by atoms with van der Waals surface area (Å²) in [5, 5.41) is 10.6. The number of aromatic hydroxyl groups is 1. The van der Waals surface area contributed by atoms with E-state index in [1.807, 2.05) is 25.1 Å². The van der Waals surface area contributed by atoms with Gasteiger partial charge in [-0.15, -0.1) is 0 Å². The van der Waals surface area contributed by atoms with Crippen LogP contribution < -0.4 is 16.8 Å². The van der Waals surface area contributed by atoms with E-state index in [4.69, 9.17) is 0 Å². The maximum Gasteiger partial charge on any atom is 0.331 e.